The molecule has 1 aliphatic rings. The molecule has 1 aromatic carbocycles. The zero-order valence-corrected chi connectivity index (χ0v) is 19.0. The van der Waals surface area contributed by atoms with Gasteiger partial charge in [0.05, 0.1) is 21.5 Å². The Bertz CT molecular complexity index is 1150. The summed E-state index contributed by atoms with van der Waals surface area (Å²) in [5.41, 5.74) is 1.33. The van der Waals surface area contributed by atoms with Crippen LogP contribution in [0.3, 0.4) is 0 Å². The van der Waals surface area contributed by atoms with Gasteiger partial charge in [0.1, 0.15) is 0 Å². The molecule has 1 aliphatic heterocycles. The van der Waals surface area contributed by atoms with E-state index in [0.717, 1.165) is 21.2 Å². The number of halogens is 1. The first kappa shape index (κ1) is 20.6. The summed E-state index contributed by atoms with van der Waals surface area (Å²) < 4.78 is 26.2. The minimum Gasteiger partial charge on any atom is -0.326 e. The Kier molecular flexibility index (Phi) is 5.56. The third-order valence-corrected chi connectivity index (χ3v) is 9.05. The van der Waals surface area contributed by atoms with Crippen LogP contribution in [0.5, 0.6) is 0 Å². The molecule has 1 unspecified atom stereocenters. The van der Waals surface area contributed by atoms with Crippen LogP contribution in [0.4, 0.5) is 0 Å². The summed E-state index contributed by atoms with van der Waals surface area (Å²) in [5, 5.41) is 4.29. The van der Waals surface area contributed by atoms with Crippen LogP contribution in [-0.2, 0) is 16.4 Å². The molecule has 0 fully saturated rings. The molecule has 0 N–H and O–H groups in total. The van der Waals surface area contributed by atoms with Crippen molar-refractivity contribution in [3.63, 3.8) is 0 Å². The predicted octanol–water partition coefficient (Wildman–Crippen LogP) is 4.50. The Balaban J connectivity index is 1.78. The second-order valence-electron chi connectivity index (χ2n) is 6.89. The van der Waals surface area contributed by atoms with E-state index in [-0.39, 0.29) is 27.4 Å². The van der Waals surface area contributed by atoms with Crippen molar-refractivity contribution in [3.05, 3.63) is 73.1 Å². The normalized spacial score (nSPS) is 16.8. The molecule has 3 aromatic rings. The molecule has 29 heavy (non-hydrogen) atoms. The Labute approximate surface area is 183 Å². The van der Waals surface area contributed by atoms with E-state index in [1.165, 1.54) is 37.2 Å². The molecule has 3 heterocycles. The van der Waals surface area contributed by atoms with Gasteiger partial charge in [-0.3, -0.25) is 4.79 Å². The topological polar surface area (TPSA) is 57.7 Å². The van der Waals surface area contributed by atoms with Crippen LogP contribution in [0.15, 0.2) is 52.1 Å². The van der Waals surface area contributed by atoms with Crippen LogP contribution in [-0.4, -0.2) is 44.2 Å². The summed E-state index contributed by atoms with van der Waals surface area (Å²) in [4.78, 5) is 17.8. The summed E-state index contributed by atoms with van der Waals surface area (Å²) in [6, 6.07) is 10.2. The number of fused-ring (bicyclic) bond motifs is 1. The van der Waals surface area contributed by atoms with E-state index < -0.39 is 10.0 Å². The number of nitrogens with zero attached hydrogens (tertiary/aromatic N) is 2. The number of carbonyl (C=O) groups excluding carboxylic acids is 1. The van der Waals surface area contributed by atoms with Gasteiger partial charge in [-0.05, 0) is 53.1 Å². The zero-order valence-electron chi connectivity index (χ0n) is 15.8. The maximum atomic E-state index is 13.5. The molecular formula is C20H19ClN2O3S3. The Morgan fingerprint density at radius 1 is 1.17 bits per heavy atom. The van der Waals surface area contributed by atoms with E-state index in [0.29, 0.717) is 6.54 Å². The summed E-state index contributed by atoms with van der Waals surface area (Å²) in [7, 11) is -0.751. The maximum Gasteiger partial charge on any atom is 0.256 e. The van der Waals surface area contributed by atoms with Crippen molar-refractivity contribution < 1.29 is 13.2 Å². The lowest BCUT2D eigenvalue weighted by Gasteiger charge is -2.35. The fourth-order valence-electron chi connectivity index (χ4n) is 3.48. The average Bonchev–Trinajstić information content (AvgIpc) is 3.38. The van der Waals surface area contributed by atoms with Gasteiger partial charge in [-0.25, -0.2) is 12.7 Å². The van der Waals surface area contributed by atoms with E-state index in [9.17, 15) is 13.2 Å². The number of amides is 1. The molecule has 4 rings (SSSR count). The van der Waals surface area contributed by atoms with Crippen LogP contribution in [0.25, 0.3) is 0 Å². The molecule has 0 spiro atoms. The van der Waals surface area contributed by atoms with Crippen molar-refractivity contribution in [3.8, 4) is 0 Å². The highest BCUT2D eigenvalue weighted by Crippen LogP contribution is 2.40. The van der Waals surface area contributed by atoms with Gasteiger partial charge in [-0.2, -0.15) is 0 Å². The summed E-state index contributed by atoms with van der Waals surface area (Å²) in [6.07, 6.45) is 0.772. The van der Waals surface area contributed by atoms with Crippen LogP contribution < -0.4 is 0 Å². The van der Waals surface area contributed by atoms with Gasteiger partial charge in [-0.15, -0.1) is 22.7 Å². The van der Waals surface area contributed by atoms with Gasteiger partial charge in [0, 0.05) is 30.4 Å². The highest BCUT2D eigenvalue weighted by molar-refractivity contribution is 7.89. The first-order chi connectivity index (χ1) is 13.8. The van der Waals surface area contributed by atoms with Crippen LogP contribution in [0.2, 0.25) is 5.02 Å². The minimum absolute atomic E-state index is 0.0520. The van der Waals surface area contributed by atoms with Gasteiger partial charge >= 0.3 is 0 Å². The Morgan fingerprint density at radius 2 is 1.97 bits per heavy atom. The zero-order chi connectivity index (χ0) is 20.8. The molecule has 0 saturated heterocycles. The monoisotopic (exact) mass is 466 g/mol. The lowest BCUT2D eigenvalue weighted by atomic mass is 9.97. The highest BCUT2D eigenvalue weighted by atomic mass is 35.5. The average molecular weight is 467 g/mol. The molecular weight excluding hydrogens is 448 g/mol. The second-order valence-corrected chi connectivity index (χ2v) is 11.4. The minimum atomic E-state index is -3.67. The molecule has 9 heteroatoms. The highest BCUT2D eigenvalue weighted by Gasteiger charge is 2.35. The van der Waals surface area contributed by atoms with E-state index >= 15 is 0 Å². The standard InChI is InChI=1S/C20H19ClN2O3S3/c1-22(2)29(25,26)13-5-6-16(21)15(12-13)20(24)23-9-7-17-14(8-11-28-17)19(23)18-4-3-10-27-18/h3-6,8,10-12,19H,7,9H2,1-2H3. The van der Waals surface area contributed by atoms with Gasteiger partial charge in [0.15, 0.2) is 0 Å². The first-order valence-corrected chi connectivity index (χ1v) is 12.5. The molecule has 2 aromatic heterocycles. The fraction of sp³-hybridized carbons (Fsp3) is 0.250. The molecule has 0 bridgehead atoms. The van der Waals surface area contributed by atoms with E-state index in [4.69, 9.17) is 11.6 Å². The number of carbonyl (C=O) groups is 1. The lowest BCUT2D eigenvalue weighted by molar-refractivity contribution is 0.0698. The summed E-state index contributed by atoms with van der Waals surface area (Å²) in [5.74, 6) is -0.263. The number of hydrogen-bond acceptors (Lipinski definition) is 5. The molecule has 1 amide bonds. The van der Waals surface area contributed by atoms with Crippen molar-refractivity contribution in [2.24, 2.45) is 0 Å². The largest absolute Gasteiger partial charge is 0.326 e. The number of sulfonamides is 1. The van der Waals surface area contributed by atoms with E-state index in [1.54, 1.807) is 27.6 Å². The van der Waals surface area contributed by atoms with Crippen molar-refractivity contribution in [2.45, 2.75) is 17.4 Å². The third-order valence-electron chi connectivity index (χ3n) is 4.99. The molecule has 0 aliphatic carbocycles. The predicted molar refractivity (Wildman–Crippen MR) is 118 cm³/mol. The number of rotatable bonds is 4. The fourth-order valence-corrected chi connectivity index (χ4v) is 6.37. The van der Waals surface area contributed by atoms with Gasteiger partial charge < -0.3 is 4.90 Å². The molecule has 152 valence electrons. The van der Waals surface area contributed by atoms with Crippen LogP contribution in [0, 0.1) is 0 Å². The van der Waals surface area contributed by atoms with Crippen molar-refractivity contribution in [1.82, 2.24) is 9.21 Å². The SMILES string of the molecule is CN(C)S(=O)(=O)c1ccc(Cl)c(C(=O)N2CCc3sccc3C2c2cccs2)c1. The van der Waals surface area contributed by atoms with E-state index in [2.05, 4.69) is 11.4 Å². The Morgan fingerprint density at radius 3 is 2.66 bits per heavy atom. The third kappa shape index (κ3) is 3.64. The molecule has 5 nitrogen and oxygen atoms in total. The van der Waals surface area contributed by atoms with Crippen LogP contribution in [0.1, 0.15) is 31.7 Å². The number of benzene rings is 1. The van der Waals surface area contributed by atoms with Gasteiger partial charge in [0.2, 0.25) is 10.0 Å². The quantitative estimate of drug-likeness (QED) is 0.568. The van der Waals surface area contributed by atoms with Crippen molar-refractivity contribution in [2.75, 3.05) is 20.6 Å². The number of thiophene rings is 2. The summed E-state index contributed by atoms with van der Waals surface area (Å²) in [6.45, 7) is 0.551. The molecule has 0 saturated carbocycles. The number of hydrogen-bond donors (Lipinski definition) is 0. The van der Waals surface area contributed by atoms with E-state index in [1.807, 2.05) is 17.5 Å². The Hall–Kier alpha value is -1.71. The lowest BCUT2D eigenvalue weighted by Crippen LogP contribution is -2.40. The smallest absolute Gasteiger partial charge is 0.256 e. The second kappa shape index (κ2) is 7.85. The van der Waals surface area contributed by atoms with Gasteiger partial charge in [-0.1, -0.05) is 17.7 Å². The molecule has 0 radical (unpaired) electrons. The van der Waals surface area contributed by atoms with Gasteiger partial charge in [0.25, 0.3) is 5.91 Å². The van der Waals surface area contributed by atoms with Crippen molar-refractivity contribution in [1.29, 1.82) is 0 Å². The first-order valence-electron chi connectivity index (χ1n) is 8.93. The maximum absolute atomic E-state index is 13.5. The van der Waals surface area contributed by atoms with Crippen LogP contribution >= 0.6 is 34.3 Å². The summed E-state index contributed by atoms with van der Waals surface area (Å²) >= 11 is 9.65. The van der Waals surface area contributed by atoms with Crippen molar-refractivity contribution >= 4 is 50.2 Å². The molecule has 1 atom stereocenters.